The van der Waals surface area contributed by atoms with E-state index in [9.17, 15) is 16.8 Å². The van der Waals surface area contributed by atoms with Gasteiger partial charge in [0.15, 0.2) is 0 Å². The van der Waals surface area contributed by atoms with E-state index in [4.69, 9.17) is 0 Å². The highest BCUT2D eigenvalue weighted by Crippen LogP contribution is 2.15. The summed E-state index contributed by atoms with van der Waals surface area (Å²) >= 11 is 1.68. The maximum absolute atomic E-state index is 12.5. The van der Waals surface area contributed by atoms with Gasteiger partial charge in [-0.25, -0.2) is 21.6 Å². The summed E-state index contributed by atoms with van der Waals surface area (Å²) in [4.78, 5) is 2.33. The number of nitrogens with zero attached hydrogens (tertiary/aromatic N) is 1. The zero-order chi connectivity index (χ0) is 20.8. The molecule has 2 N–H and O–H groups in total. The Kier molecular flexibility index (Phi) is 8.02. The van der Waals surface area contributed by atoms with Crippen molar-refractivity contribution in [1.82, 2.24) is 9.62 Å². The smallest absolute Gasteiger partial charge is 0.240 e. The SMILES string of the molecule is CCN(CCNS(=O)(=O)c1ccc(NS(C)(=O)=O)cc1)C(C)Cc1ccsc1. The van der Waals surface area contributed by atoms with Crippen LogP contribution in [0.3, 0.4) is 0 Å². The van der Waals surface area contributed by atoms with Crippen LogP contribution in [0, 0.1) is 0 Å². The molecule has 0 amide bonds. The second-order valence-electron chi connectivity index (χ2n) is 6.61. The van der Waals surface area contributed by atoms with Crippen molar-refractivity contribution in [1.29, 1.82) is 0 Å². The van der Waals surface area contributed by atoms with Crippen LogP contribution in [0.2, 0.25) is 0 Å². The van der Waals surface area contributed by atoms with Gasteiger partial charge in [-0.3, -0.25) is 9.62 Å². The summed E-state index contributed by atoms with van der Waals surface area (Å²) in [6.45, 7) is 5.94. The standard InChI is InChI=1S/C18H27N3O4S3/c1-4-21(15(2)13-16-9-12-26-14-16)11-10-19-28(24,25)18-7-5-17(6-8-18)20-27(3,22)23/h5-9,12,14-15,19-20H,4,10-11,13H2,1-3H3. The second-order valence-corrected chi connectivity index (χ2v) is 10.9. The molecule has 0 bridgehead atoms. The molecule has 0 aliphatic rings. The van der Waals surface area contributed by atoms with Crippen LogP contribution in [-0.2, 0) is 26.5 Å². The van der Waals surface area contributed by atoms with Crippen molar-refractivity contribution in [2.45, 2.75) is 31.2 Å². The van der Waals surface area contributed by atoms with Gasteiger partial charge in [-0.05, 0) is 66.5 Å². The second kappa shape index (κ2) is 9.84. The van der Waals surface area contributed by atoms with E-state index in [0.717, 1.165) is 19.2 Å². The first-order valence-corrected chi connectivity index (χ1v) is 13.2. The number of likely N-dealkylation sites (N-methyl/N-ethyl adjacent to an activating group) is 1. The summed E-state index contributed by atoms with van der Waals surface area (Å²) in [5, 5.41) is 4.19. The minimum absolute atomic E-state index is 0.0981. The molecule has 1 heterocycles. The average molecular weight is 446 g/mol. The maximum atomic E-state index is 12.5. The molecular formula is C18H27N3O4S3. The van der Waals surface area contributed by atoms with Gasteiger partial charge < -0.3 is 0 Å². The molecule has 28 heavy (non-hydrogen) atoms. The molecule has 1 aromatic heterocycles. The lowest BCUT2D eigenvalue weighted by Gasteiger charge is -2.27. The molecule has 7 nitrogen and oxygen atoms in total. The first kappa shape index (κ1) is 22.8. The van der Waals surface area contributed by atoms with Crippen LogP contribution in [-0.4, -0.2) is 53.7 Å². The molecule has 0 aliphatic heterocycles. The molecule has 0 saturated carbocycles. The highest BCUT2D eigenvalue weighted by atomic mass is 32.2. The zero-order valence-corrected chi connectivity index (χ0v) is 18.7. The third kappa shape index (κ3) is 7.17. The first-order valence-electron chi connectivity index (χ1n) is 8.93. The zero-order valence-electron chi connectivity index (χ0n) is 16.3. The van der Waals surface area contributed by atoms with Crippen LogP contribution in [0.4, 0.5) is 5.69 Å². The largest absolute Gasteiger partial charge is 0.299 e. The molecule has 0 fully saturated rings. The van der Waals surface area contributed by atoms with Crippen molar-refractivity contribution in [3.63, 3.8) is 0 Å². The molecule has 0 aliphatic carbocycles. The predicted octanol–water partition coefficient (Wildman–Crippen LogP) is 2.35. The van der Waals surface area contributed by atoms with Crippen molar-refractivity contribution in [2.24, 2.45) is 0 Å². The Morgan fingerprint density at radius 1 is 1.11 bits per heavy atom. The summed E-state index contributed by atoms with van der Waals surface area (Å²) in [7, 11) is -7.05. The molecule has 156 valence electrons. The molecule has 2 aromatic rings. The average Bonchev–Trinajstić information content (AvgIpc) is 3.10. The van der Waals surface area contributed by atoms with E-state index in [1.165, 1.54) is 29.8 Å². The fourth-order valence-electron chi connectivity index (χ4n) is 2.89. The molecule has 10 heteroatoms. The highest BCUT2D eigenvalue weighted by molar-refractivity contribution is 7.92. The van der Waals surface area contributed by atoms with Crippen molar-refractivity contribution < 1.29 is 16.8 Å². The lowest BCUT2D eigenvalue weighted by molar-refractivity contribution is 0.222. The van der Waals surface area contributed by atoms with Crippen LogP contribution in [0.25, 0.3) is 0 Å². The van der Waals surface area contributed by atoms with Gasteiger partial charge in [0.2, 0.25) is 20.0 Å². The Hall–Kier alpha value is -1.46. The number of thiophene rings is 1. The fourth-order valence-corrected chi connectivity index (χ4v) is 5.16. The van der Waals surface area contributed by atoms with E-state index in [0.29, 0.717) is 24.8 Å². The van der Waals surface area contributed by atoms with Gasteiger partial charge in [0.05, 0.1) is 11.2 Å². The quantitative estimate of drug-likeness (QED) is 0.554. The number of anilines is 1. The van der Waals surface area contributed by atoms with Crippen LogP contribution in [0.5, 0.6) is 0 Å². The highest BCUT2D eigenvalue weighted by Gasteiger charge is 2.17. The van der Waals surface area contributed by atoms with E-state index in [-0.39, 0.29) is 4.90 Å². The van der Waals surface area contributed by atoms with Gasteiger partial charge >= 0.3 is 0 Å². The maximum Gasteiger partial charge on any atom is 0.240 e. The third-order valence-corrected chi connectivity index (χ3v) is 7.12. The molecule has 2 rings (SSSR count). The first-order chi connectivity index (χ1) is 13.1. The number of rotatable bonds is 11. The fraction of sp³-hybridized carbons (Fsp3) is 0.444. The normalized spacial score (nSPS) is 13.6. The van der Waals surface area contributed by atoms with E-state index >= 15 is 0 Å². The number of hydrogen-bond acceptors (Lipinski definition) is 6. The monoisotopic (exact) mass is 445 g/mol. The van der Waals surface area contributed by atoms with E-state index < -0.39 is 20.0 Å². The molecule has 0 spiro atoms. The molecule has 0 saturated heterocycles. The third-order valence-electron chi connectivity index (χ3n) is 4.30. The van der Waals surface area contributed by atoms with Gasteiger partial charge in [-0.2, -0.15) is 11.3 Å². The Bertz CT molecular complexity index is 940. The Labute approximate surface area is 171 Å². The summed E-state index contributed by atoms with van der Waals surface area (Å²) in [6, 6.07) is 8.04. The molecule has 1 aromatic carbocycles. The number of nitrogens with one attached hydrogen (secondary N) is 2. The van der Waals surface area contributed by atoms with Crippen molar-refractivity contribution in [3.05, 3.63) is 46.7 Å². The van der Waals surface area contributed by atoms with Crippen LogP contribution in [0.15, 0.2) is 46.0 Å². The van der Waals surface area contributed by atoms with E-state index in [2.05, 4.69) is 45.0 Å². The topological polar surface area (TPSA) is 95.6 Å². The number of sulfonamides is 2. The molecule has 1 atom stereocenters. The van der Waals surface area contributed by atoms with Gasteiger partial charge in [0.1, 0.15) is 0 Å². The summed E-state index contributed by atoms with van der Waals surface area (Å²) < 4.78 is 52.3. The van der Waals surface area contributed by atoms with Crippen molar-refractivity contribution >= 4 is 37.1 Å². The molecule has 1 unspecified atom stereocenters. The summed E-state index contributed by atoms with van der Waals surface area (Å²) in [5.74, 6) is 0. The van der Waals surface area contributed by atoms with Crippen LogP contribution >= 0.6 is 11.3 Å². The lowest BCUT2D eigenvalue weighted by Crippen LogP contribution is -2.40. The number of benzene rings is 1. The van der Waals surface area contributed by atoms with Gasteiger partial charge in [-0.15, -0.1) is 0 Å². The lowest BCUT2D eigenvalue weighted by atomic mass is 10.1. The minimum atomic E-state index is -3.65. The predicted molar refractivity (Wildman–Crippen MR) is 115 cm³/mol. The summed E-state index contributed by atoms with van der Waals surface area (Å²) in [6.07, 6.45) is 1.97. The minimum Gasteiger partial charge on any atom is -0.299 e. The van der Waals surface area contributed by atoms with E-state index in [1.807, 2.05) is 0 Å². The molecular weight excluding hydrogens is 418 g/mol. The number of hydrogen-bond donors (Lipinski definition) is 2. The van der Waals surface area contributed by atoms with E-state index in [1.54, 1.807) is 11.3 Å². The Balaban J connectivity index is 1.91. The Morgan fingerprint density at radius 3 is 2.32 bits per heavy atom. The van der Waals surface area contributed by atoms with Crippen LogP contribution < -0.4 is 9.44 Å². The van der Waals surface area contributed by atoms with Gasteiger partial charge in [-0.1, -0.05) is 6.92 Å². The Morgan fingerprint density at radius 2 is 1.79 bits per heavy atom. The van der Waals surface area contributed by atoms with Gasteiger partial charge in [0, 0.05) is 24.8 Å². The molecule has 0 radical (unpaired) electrons. The van der Waals surface area contributed by atoms with Crippen LogP contribution in [0.1, 0.15) is 19.4 Å². The van der Waals surface area contributed by atoms with Gasteiger partial charge in [0.25, 0.3) is 0 Å². The van der Waals surface area contributed by atoms with Crippen molar-refractivity contribution in [3.8, 4) is 0 Å². The van der Waals surface area contributed by atoms with Crippen molar-refractivity contribution in [2.75, 3.05) is 30.6 Å². The summed E-state index contributed by atoms with van der Waals surface area (Å²) in [5.41, 5.74) is 1.61.